The number of benzene rings is 2. The van der Waals surface area contributed by atoms with Gasteiger partial charge in [0.05, 0.1) is 46.2 Å². The largest absolute Gasteiger partial charge is 0.489 e. The monoisotopic (exact) mass is 655 g/mol. The summed E-state index contributed by atoms with van der Waals surface area (Å²) in [7, 11) is 1.39. The van der Waals surface area contributed by atoms with Crippen LogP contribution in [0.15, 0.2) is 34.9 Å². The summed E-state index contributed by atoms with van der Waals surface area (Å²) in [5, 5.41) is 10.1. The highest BCUT2D eigenvalue weighted by molar-refractivity contribution is 7.22. The number of hydrogen-bond donors (Lipinski definition) is 1. The molecule has 2 aromatic carbocycles. The summed E-state index contributed by atoms with van der Waals surface area (Å²) in [6, 6.07) is 9.36. The number of carbonyl (C=O) groups excluding carboxylic acids is 1. The molecule has 0 aliphatic heterocycles. The van der Waals surface area contributed by atoms with Gasteiger partial charge in [-0.2, -0.15) is 0 Å². The van der Waals surface area contributed by atoms with Gasteiger partial charge in [0, 0.05) is 23.1 Å². The molecule has 11 heteroatoms. The summed E-state index contributed by atoms with van der Waals surface area (Å²) in [6.07, 6.45) is 6.54. The van der Waals surface area contributed by atoms with Gasteiger partial charge in [-0.25, -0.2) is 9.78 Å². The van der Waals surface area contributed by atoms with E-state index in [9.17, 15) is 4.79 Å². The van der Waals surface area contributed by atoms with Gasteiger partial charge in [-0.3, -0.25) is 0 Å². The van der Waals surface area contributed by atoms with Gasteiger partial charge in [0.15, 0.2) is 5.13 Å². The van der Waals surface area contributed by atoms with E-state index in [1.165, 1.54) is 7.11 Å². The van der Waals surface area contributed by atoms with Crippen molar-refractivity contribution < 1.29 is 23.5 Å². The number of rotatable bonds is 10. The van der Waals surface area contributed by atoms with Crippen LogP contribution in [0, 0.1) is 11.8 Å². The molecule has 0 radical (unpaired) electrons. The van der Waals surface area contributed by atoms with Gasteiger partial charge in [-0.1, -0.05) is 45.8 Å². The van der Waals surface area contributed by atoms with Crippen LogP contribution in [0.1, 0.15) is 80.0 Å². The number of nitrogens with one attached hydrogen (secondary N) is 1. The first kappa shape index (κ1) is 29.8. The van der Waals surface area contributed by atoms with E-state index in [0.717, 1.165) is 65.2 Å². The zero-order valence-corrected chi connectivity index (χ0v) is 27.2. The van der Waals surface area contributed by atoms with Crippen molar-refractivity contribution in [1.82, 2.24) is 10.1 Å². The molecule has 1 N–H and O–H groups in total. The fourth-order valence-corrected chi connectivity index (χ4v) is 8.42. The highest BCUT2D eigenvalue weighted by atomic mass is 35.5. The van der Waals surface area contributed by atoms with E-state index in [1.807, 2.05) is 38.1 Å². The molecule has 8 nitrogen and oxygen atoms in total. The number of hydrogen-bond acceptors (Lipinski definition) is 9. The lowest BCUT2D eigenvalue weighted by Gasteiger charge is -2.35. The summed E-state index contributed by atoms with van der Waals surface area (Å²) < 4.78 is 24.4. The third kappa shape index (κ3) is 5.80. The lowest BCUT2D eigenvalue weighted by Crippen LogP contribution is -2.39. The Labute approximate surface area is 270 Å². The van der Waals surface area contributed by atoms with Crippen molar-refractivity contribution >= 4 is 55.9 Å². The normalized spacial score (nSPS) is 23.0. The number of halogens is 2. The molecule has 3 aliphatic rings. The molecule has 3 fully saturated rings. The number of nitrogens with zero attached hydrogens (tertiary/aromatic N) is 2. The summed E-state index contributed by atoms with van der Waals surface area (Å²) in [6.45, 7) is 4.35. The quantitative estimate of drug-likeness (QED) is 0.169. The molecule has 4 atom stereocenters. The summed E-state index contributed by atoms with van der Waals surface area (Å²) in [4.78, 5) is 17.2. The lowest BCUT2D eigenvalue weighted by atomic mass is 9.82. The minimum Gasteiger partial charge on any atom is -0.489 e. The van der Waals surface area contributed by atoms with E-state index in [-0.39, 0.29) is 12.2 Å². The standard InChI is InChI=1S/C33H35Cl2N3O5S/c1-16(2)42-25-13-20(32(39)40-3)14-26-30(25)37-33(44-26)36-28-18-9-10-19(28)12-21(11-18)41-15-22-29(38-43-31(22)17-7-8-17)27-23(34)5-4-6-24(27)35/h4-6,13-14,16-19,21,28H,7-12,15H2,1-3H3,(H,36,37)/t18-,19+,21-,28+. The van der Waals surface area contributed by atoms with Crippen molar-refractivity contribution in [2.75, 3.05) is 12.4 Å². The Morgan fingerprint density at radius 1 is 1.11 bits per heavy atom. The topological polar surface area (TPSA) is 95.7 Å². The van der Waals surface area contributed by atoms with Gasteiger partial charge >= 0.3 is 5.97 Å². The van der Waals surface area contributed by atoms with E-state index in [4.69, 9.17) is 46.9 Å². The lowest BCUT2D eigenvalue weighted by molar-refractivity contribution is -0.00447. The van der Waals surface area contributed by atoms with E-state index >= 15 is 0 Å². The number of methoxy groups -OCH3 is 1. The van der Waals surface area contributed by atoms with E-state index in [1.54, 1.807) is 17.4 Å². The van der Waals surface area contributed by atoms with Gasteiger partial charge in [0.25, 0.3) is 0 Å². The first-order valence-electron chi connectivity index (χ1n) is 15.3. The van der Waals surface area contributed by atoms with Gasteiger partial charge in [-0.05, 0) is 88.5 Å². The highest BCUT2D eigenvalue weighted by Crippen LogP contribution is 2.48. The Kier molecular flexibility index (Phi) is 8.24. The van der Waals surface area contributed by atoms with Crippen LogP contribution in [0.3, 0.4) is 0 Å². The second-order valence-electron chi connectivity index (χ2n) is 12.4. The molecule has 4 aromatic rings. The number of thiazole rings is 1. The molecule has 3 aliphatic carbocycles. The average Bonchev–Trinajstić information content (AvgIpc) is 3.56. The predicted molar refractivity (Wildman–Crippen MR) is 172 cm³/mol. The van der Waals surface area contributed by atoms with Crippen molar-refractivity contribution in [2.24, 2.45) is 11.8 Å². The van der Waals surface area contributed by atoms with Crippen molar-refractivity contribution in [2.45, 2.75) is 83.1 Å². The number of esters is 1. The second-order valence-corrected chi connectivity index (χ2v) is 14.3. The number of aromatic nitrogens is 2. The fraction of sp³-hybridized carbons (Fsp3) is 0.485. The molecule has 7 rings (SSSR count). The maximum absolute atomic E-state index is 12.3. The maximum Gasteiger partial charge on any atom is 0.338 e. The fourth-order valence-electron chi connectivity index (χ4n) is 6.88. The molecule has 44 heavy (non-hydrogen) atoms. The van der Waals surface area contributed by atoms with E-state index < -0.39 is 5.97 Å². The van der Waals surface area contributed by atoms with Crippen LogP contribution in [0.4, 0.5) is 5.13 Å². The third-order valence-electron chi connectivity index (χ3n) is 9.02. The van der Waals surface area contributed by atoms with Gasteiger partial charge in [0.2, 0.25) is 0 Å². The van der Waals surface area contributed by atoms with Gasteiger partial charge in [-0.15, -0.1) is 0 Å². The molecule has 0 unspecified atom stereocenters. The molecule has 0 amide bonds. The smallest absolute Gasteiger partial charge is 0.338 e. The minimum absolute atomic E-state index is 0.0498. The van der Waals surface area contributed by atoms with Crippen LogP contribution in [0.2, 0.25) is 10.0 Å². The van der Waals surface area contributed by atoms with Crippen molar-refractivity contribution in [3.05, 3.63) is 57.3 Å². The maximum atomic E-state index is 12.3. The molecule has 2 aromatic heterocycles. The molecular weight excluding hydrogens is 621 g/mol. The number of anilines is 1. The zero-order chi connectivity index (χ0) is 30.5. The number of ether oxygens (including phenoxy) is 3. The highest BCUT2D eigenvalue weighted by Gasteiger charge is 2.44. The zero-order valence-electron chi connectivity index (χ0n) is 24.9. The predicted octanol–water partition coefficient (Wildman–Crippen LogP) is 8.90. The molecule has 2 bridgehead atoms. The molecule has 0 spiro atoms. The summed E-state index contributed by atoms with van der Waals surface area (Å²) >= 11 is 14.7. The average molecular weight is 657 g/mol. The van der Waals surface area contributed by atoms with Crippen LogP contribution < -0.4 is 10.1 Å². The first-order valence-corrected chi connectivity index (χ1v) is 16.9. The molecular formula is C33H35Cl2N3O5S. The Bertz CT molecular complexity index is 1670. The minimum atomic E-state index is -0.391. The Balaban J connectivity index is 1.06. The Hall–Kier alpha value is -2.85. The van der Waals surface area contributed by atoms with Crippen LogP contribution in [0.5, 0.6) is 5.75 Å². The molecule has 3 saturated carbocycles. The van der Waals surface area contributed by atoms with Gasteiger partial charge in [0.1, 0.15) is 22.7 Å². The molecule has 0 saturated heterocycles. The van der Waals surface area contributed by atoms with Crippen LogP contribution in [-0.2, 0) is 16.1 Å². The van der Waals surface area contributed by atoms with Crippen molar-refractivity contribution in [3.63, 3.8) is 0 Å². The van der Waals surface area contributed by atoms with Crippen LogP contribution in [0.25, 0.3) is 21.5 Å². The van der Waals surface area contributed by atoms with E-state index in [0.29, 0.717) is 63.0 Å². The van der Waals surface area contributed by atoms with Gasteiger partial charge < -0.3 is 24.1 Å². The molecule has 2 heterocycles. The Morgan fingerprint density at radius 2 is 1.84 bits per heavy atom. The Morgan fingerprint density at radius 3 is 2.50 bits per heavy atom. The van der Waals surface area contributed by atoms with Crippen LogP contribution >= 0.6 is 34.5 Å². The van der Waals surface area contributed by atoms with E-state index in [2.05, 4.69) is 10.5 Å². The summed E-state index contributed by atoms with van der Waals surface area (Å²) in [5.41, 5.74) is 3.58. The SMILES string of the molecule is COC(=O)c1cc(OC(C)C)c2nc(N[C@H]3[C@@H]4CC[C@H]3C[C@H](OCc3c(-c5c(Cl)cccc5Cl)noc3C3CC3)C4)sc2c1. The summed E-state index contributed by atoms with van der Waals surface area (Å²) in [5.74, 6) is 2.45. The van der Waals surface area contributed by atoms with Crippen molar-refractivity contribution in [1.29, 1.82) is 0 Å². The van der Waals surface area contributed by atoms with Crippen molar-refractivity contribution in [3.8, 4) is 17.0 Å². The first-order chi connectivity index (χ1) is 21.3. The number of fused-ring (bicyclic) bond motifs is 3. The van der Waals surface area contributed by atoms with Crippen LogP contribution in [-0.4, -0.2) is 41.5 Å². The number of carbonyl (C=O) groups is 1. The molecule has 232 valence electrons. The second kappa shape index (κ2) is 12.2. The third-order valence-corrected chi connectivity index (χ3v) is 10.6.